The van der Waals surface area contributed by atoms with E-state index in [-0.39, 0.29) is 6.54 Å². The third kappa shape index (κ3) is 5.92. The molecular formula is C9H16F3NO3. The molecule has 0 fully saturated rings. The summed E-state index contributed by atoms with van der Waals surface area (Å²) < 4.78 is 38.4. The Morgan fingerprint density at radius 1 is 1.44 bits per heavy atom. The predicted octanol–water partition coefficient (Wildman–Crippen LogP) is 1.76. The van der Waals surface area contributed by atoms with Crippen LogP contribution < -0.4 is 5.32 Å². The van der Waals surface area contributed by atoms with Gasteiger partial charge in [-0.2, -0.15) is 0 Å². The van der Waals surface area contributed by atoms with Gasteiger partial charge in [0.15, 0.2) is 0 Å². The first-order valence-electron chi connectivity index (χ1n) is 4.90. The average Bonchev–Trinajstić information content (AvgIpc) is 2.11. The lowest BCUT2D eigenvalue weighted by molar-refractivity contribution is -0.323. The Labute approximate surface area is 91.8 Å². The van der Waals surface area contributed by atoms with E-state index in [0.29, 0.717) is 12.8 Å². The maximum atomic E-state index is 11.6. The van der Waals surface area contributed by atoms with Crippen molar-refractivity contribution in [3.05, 3.63) is 0 Å². The van der Waals surface area contributed by atoms with E-state index in [1.165, 1.54) is 6.92 Å². The van der Waals surface area contributed by atoms with Crippen LogP contribution in [0.1, 0.15) is 26.7 Å². The molecule has 0 aliphatic heterocycles. The van der Waals surface area contributed by atoms with Crippen LogP contribution in [0.4, 0.5) is 13.2 Å². The van der Waals surface area contributed by atoms with Crippen molar-refractivity contribution in [2.45, 2.75) is 38.6 Å². The van der Waals surface area contributed by atoms with Gasteiger partial charge in [-0.3, -0.25) is 14.8 Å². The van der Waals surface area contributed by atoms with E-state index in [2.05, 4.69) is 10.1 Å². The van der Waals surface area contributed by atoms with Crippen molar-refractivity contribution in [2.24, 2.45) is 0 Å². The van der Waals surface area contributed by atoms with Crippen molar-refractivity contribution in [3.8, 4) is 0 Å². The van der Waals surface area contributed by atoms with Gasteiger partial charge in [-0.15, -0.1) is 13.2 Å². The summed E-state index contributed by atoms with van der Waals surface area (Å²) in [5.41, 5.74) is -1.20. The number of carbonyl (C=O) groups is 1. The number of nitrogens with one attached hydrogen (secondary N) is 1. The average molecular weight is 243 g/mol. The molecule has 7 heteroatoms. The number of carboxylic acid groups (broad SMARTS) is 1. The van der Waals surface area contributed by atoms with Gasteiger partial charge >= 0.3 is 12.3 Å². The second kappa shape index (κ2) is 6.05. The van der Waals surface area contributed by atoms with Crippen LogP contribution in [0.2, 0.25) is 0 Å². The van der Waals surface area contributed by atoms with Gasteiger partial charge in [0.25, 0.3) is 0 Å². The molecule has 1 atom stereocenters. The summed E-state index contributed by atoms with van der Waals surface area (Å²) in [5, 5.41) is 11.4. The summed E-state index contributed by atoms with van der Waals surface area (Å²) in [6.45, 7) is 2.47. The number of ether oxygens (including phenoxy) is 1. The highest BCUT2D eigenvalue weighted by atomic mass is 19.4. The van der Waals surface area contributed by atoms with E-state index in [1.807, 2.05) is 0 Å². The topological polar surface area (TPSA) is 58.6 Å². The lowest BCUT2D eigenvalue weighted by Gasteiger charge is -2.25. The maximum absolute atomic E-state index is 11.6. The number of rotatable bonds is 7. The Kier molecular flexibility index (Phi) is 5.74. The van der Waals surface area contributed by atoms with Crippen molar-refractivity contribution in [2.75, 3.05) is 13.2 Å². The molecule has 0 rings (SSSR count). The summed E-state index contributed by atoms with van der Waals surface area (Å²) in [4.78, 5) is 10.9. The number of carboxylic acids is 1. The molecule has 4 nitrogen and oxygen atoms in total. The highest BCUT2D eigenvalue weighted by Crippen LogP contribution is 2.16. The summed E-state index contributed by atoms with van der Waals surface area (Å²) in [7, 11) is 0. The van der Waals surface area contributed by atoms with Crippen LogP contribution in [0, 0.1) is 0 Å². The largest absolute Gasteiger partial charge is 0.522 e. The highest BCUT2D eigenvalue weighted by Gasteiger charge is 2.32. The quantitative estimate of drug-likeness (QED) is 0.669. The minimum atomic E-state index is -4.67. The van der Waals surface area contributed by atoms with Crippen molar-refractivity contribution < 1.29 is 27.8 Å². The number of hydrogen-bond acceptors (Lipinski definition) is 3. The summed E-state index contributed by atoms with van der Waals surface area (Å²) >= 11 is 0. The van der Waals surface area contributed by atoms with E-state index in [9.17, 15) is 18.0 Å². The fourth-order valence-corrected chi connectivity index (χ4v) is 1.26. The Bertz CT molecular complexity index is 233. The predicted molar refractivity (Wildman–Crippen MR) is 51.0 cm³/mol. The maximum Gasteiger partial charge on any atom is 0.522 e. The molecule has 0 saturated carbocycles. The smallest absolute Gasteiger partial charge is 0.480 e. The number of halogens is 3. The highest BCUT2D eigenvalue weighted by molar-refractivity contribution is 5.78. The van der Waals surface area contributed by atoms with Gasteiger partial charge in [-0.25, -0.2) is 0 Å². The summed E-state index contributed by atoms with van der Waals surface area (Å²) in [6.07, 6.45) is -3.71. The van der Waals surface area contributed by atoms with Crippen molar-refractivity contribution in [1.29, 1.82) is 0 Å². The van der Waals surface area contributed by atoms with E-state index in [4.69, 9.17) is 5.11 Å². The molecule has 0 aliphatic rings. The first-order valence-corrected chi connectivity index (χ1v) is 4.90. The molecule has 0 aromatic rings. The normalized spacial score (nSPS) is 15.8. The van der Waals surface area contributed by atoms with E-state index < -0.39 is 24.5 Å². The molecular weight excluding hydrogens is 227 g/mol. The van der Waals surface area contributed by atoms with Crippen molar-refractivity contribution in [3.63, 3.8) is 0 Å². The van der Waals surface area contributed by atoms with Crippen LogP contribution in [0.5, 0.6) is 0 Å². The summed E-state index contributed by atoms with van der Waals surface area (Å²) in [6, 6.07) is 0. The SMILES string of the molecule is CCCC(C)(NCCOC(F)(F)F)C(=O)O. The van der Waals surface area contributed by atoms with Gasteiger partial charge in [-0.05, 0) is 13.3 Å². The molecule has 1 unspecified atom stereocenters. The van der Waals surface area contributed by atoms with Crippen LogP contribution in [-0.4, -0.2) is 36.1 Å². The molecule has 0 radical (unpaired) electrons. The van der Waals surface area contributed by atoms with Crippen LogP contribution in [0.15, 0.2) is 0 Å². The minimum Gasteiger partial charge on any atom is -0.480 e. The molecule has 0 bridgehead atoms. The first kappa shape index (κ1) is 15.2. The van der Waals surface area contributed by atoms with E-state index in [1.54, 1.807) is 6.92 Å². The Hall–Kier alpha value is -0.820. The van der Waals surface area contributed by atoms with E-state index in [0.717, 1.165) is 0 Å². The lowest BCUT2D eigenvalue weighted by atomic mass is 9.96. The molecule has 16 heavy (non-hydrogen) atoms. The molecule has 0 spiro atoms. The fraction of sp³-hybridized carbons (Fsp3) is 0.889. The molecule has 0 aliphatic carbocycles. The molecule has 0 amide bonds. The van der Waals surface area contributed by atoms with Gasteiger partial charge in [0.1, 0.15) is 5.54 Å². The van der Waals surface area contributed by atoms with Crippen molar-refractivity contribution in [1.82, 2.24) is 5.32 Å². The van der Waals surface area contributed by atoms with Gasteiger partial charge in [0.05, 0.1) is 6.61 Å². The third-order valence-corrected chi connectivity index (χ3v) is 2.10. The Morgan fingerprint density at radius 2 is 2.00 bits per heavy atom. The molecule has 0 heterocycles. The van der Waals surface area contributed by atoms with Gasteiger partial charge < -0.3 is 5.11 Å². The Morgan fingerprint density at radius 3 is 2.38 bits per heavy atom. The first-order chi connectivity index (χ1) is 7.21. The van der Waals surface area contributed by atoms with Gasteiger partial charge in [0, 0.05) is 6.54 Å². The van der Waals surface area contributed by atoms with Crippen LogP contribution in [0.25, 0.3) is 0 Å². The molecule has 0 aromatic carbocycles. The van der Waals surface area contributed by atoms with Crippen molar-refractivity contribution >= 4 is 5.97 Å². The molecule has 0 aromatic heterocycles. The second-order valence-corrected chi connectivity index (χ2v) is 3.61. The second-order valence-electron chi connectivity index (χ2n) is 3.61. The van der Waals surface area contributed by atoms with Crippen LogP contribution in [-0.2, 0) is 9.53 Å². The van der Waals surface area contributed by atoms with Crippen LogP contribution >= 0.6 is 0 Å². The lowest BCUT2D eigenvalue weighted by Crippen LogP contribution is -2.50. The molecule has 0 saturated heterocycles. The number of hydrogen-bond donors (Lipinski definition) is 2. The van der Waals surface area contributed by atoms with Gasteiger partial charge in [0.2, 0.25) is 0 Å². The monoisotopic (exact) mass is 243 g/mol. The Balaban J connectivity index is 4.00. The third-order valence-electron chi connectivity index (χ3n) is 2.10. The van der Waals surface area contributed by atoms with E-state index >= 15 is 0 Å². The fourth-order valence-electron chi connectivity index (χ4n) is 1.26. The molecule has 2 N–H and O–H groups in total. The zero-order chi connectivity index (χ0) is 12.8. The van der Waals surface area contributed by atoms with Crippen LogP contribution in [0.3, 0.4) is 0 Å². The van der Waals surface area contributed by atoms with Gasteiger partial charge in [-0.1, -0.05) is 13.3 Å². The summed E-state index contributed by atoms with van der Waals surface area (Å²) in [5.74, 6) is -1.08. The zero-order valence-corrected chi connectivity index (χ0v) is 9.23. The standard InChI is InChI=1S/C9H16F3NO3/c1-3-4-8(2,7(14)15)13-5-6-16-9(10,11)12/h13H,3-6H2,1-2H3,(H,14,15). The number of alkyl halides is 3. The number of aliphatic carboxylic acids is 1. The molecule has 96 valence electrons. The minimum absolute atomic E-state index is 0.164. The zero-order valence-electron chi connectivity index (χ0n) is 9.23.